The third-order valence-corrected chi connectivity index (χ3v) is 6.75. The molecule has 0 spiro atoms. The SMILES string of the molecule is CC(C)C1SCC(C(=O)O)N1C(=O)CSc1cccs1. The summed E-state index contributed by atoms with van der Waals surface area (Å²) in [6.07, 6.45) is 0. The van der Waals surface area contributed by atoms with Crippen LogP contribution in [0.1, 0.15) is 13.8 Å². The number of hydrogen-bond donors (Lipinski definition) is 1. The number of hydrogen-bond acceptors (Lipinski definition) is 5. The fourth-order valence-corrected chi connectivity index (χ4v) is 5.25. The van der Waals surface area contributed by atoms with Crippen molar-refractivity contribution in [3.8, 4) is 0 Å². The van der Waals surface area contributed by atoms with Crippen molar-refractivity contribution in [2.45, 2.75) is 29.5 Å². The molecule has 1 aromatic heterocycles. The van der Waals surface area contributed by atoms with E-state index in [1.54, 1.807) is 28.0 Å². The first-order chi connectivity index (χ1) is 9.50. The summed E-state index contributed by atoms with van der Waals surface area (Å²) in [5, 5.41) is 11.2. The van der Waals surface area contributed by atoms with E-state index in [1.165, 1.54) is 11.8 Å². The zero-order valence-electron chi connectivity index (χ0n) is 11.3. The third kappa shape index (κ3) is 3.51. The summed E-state index contributed by atoms with van der Waals surface area (Å²) in [7, 11) is 0. The van der Waals surface area contributed by atoms with Gasteiger partial charge in [-0.05, 0) is 17.4 Å². The van der Waals surface area contributed by atoms with Gasteiger partial charge in [0, 0.05) is 5.75 Å². The lowest BCUT2D eigenvalue weighted by Crippen LogP contribution is -2.47. The molecule has 2 unspecified atom stereocenters. The molecule has 0 radical (unpaired) electrons. The molecule has 20 heavy (non-hydrogen) atoms. The molecular weight excluding hydrogens is 314 g/mol. The van der Waals surface area contributed by atoms with E-state index >= 15 is 0 Å². The molecule has 1 aliphatic heterocycles. The Morgan fingerprint density at radius 1 is 1.55 bits per heavy atom. The summed E-state index contributed by atoms with van der Waals surface area (Å²) in [4.78, 5) is 25.3. The molecule has 4 nitrogen and oxygen atoms in total. The molecule has 1 aromatic rings. The molecule has 0 aliphatic carbocycles. The van der Waals surface area contributed by atoms with Crippen LogP contribution in [0, 0.1) is 5.92 Å². The first kappa shape index (κ1) is 15.7. The van der Waals surface area contributed by atoms with Crippen LogP contribution in [0.3, 0.4) is 0 Å². The summed E-state index contributed by atoms with van der Waals surface area (Å²) < 4.78 is 1.08. The Hall–Kier alpha value is -0.660. The van der Waals surface area contributed by atoms with E-state index in [4.69, 9.17) is 0 Å². The lowest BCUT2D eigenvalue weighted by Gasteiger charge is -2.29. The number of rotatable bonds is 5. The van der Waals surface area contributed by atoms with Gasteiger partial charge in [-0.15, -0.1) is 34.9 Å². The molecule has 7 heteroatoms. The molecule has 1 aliphatic rings. The van der Waals surface area contributed by atoms with Crippen LogP contribution in [0.2, 0.25) is 0 Å². The van der Waals surface area contributed by atoms with Crippen molar-refractivity contribution >= 4 is 46.7 Å². The molecule has 0 bridgehead atoms. The van der Waals surface area contributed by atoms with Gasteiger partial charge in [0.1, 0.15) is 6.04 Å². The highest BCUT2D eigenvalue weighted by atomic mass is 32.2. The molecule has 1 fully saturated rings. The van der Waals surface area contributed by atoms with E-state index < -0.39 is 12.0 Å². The van der Waals surface area contributed by atoms with Crippen LogP contribution in [-0.4, -0.2) is 44.8 Å². The van der Waals surface area contributed by atoms with Crippen LogP contribution in [0.5, 0.6) is 0 Å². The van der Waals surface area contributed by atoms with Crippen LogP contribution in [0.4, 0.5) is 0 Å². The summed E-state index contributed by atoms with van der Waals surface area (Å²) in [6, 6.07) is 3.22. The summed E-state index contributed by atoms with van der Waals surface area (Å²) in [6.45, 7) is 4.04. The Labute approximate surface area is 130 Å². The lowest BCUT2D eigenvalue weighted by atomic mass is 10.1. The van der Waals surface area contributed by atoms with Crippen LogP contribution in [0.15, 0.2) is 21.7 Å². The van der Waals surface area contributed by atoms with Gasteiger partial charge in [0.25, 0.3) is 0 Å². The van der Waals surface area contributed by atoms with Gasteiger partial charge in [0.15, 0.2) is 0 Å². The van der Waals surface area contributed by atoms with Crippen molar-refractivity contribution in [1.29, 1.82) is 0 Å². The number of aliphatic carboxylic acids is 1. The van der Waals surface area contributed by atoms with Gasteiger partial charge in [-0.1, -0.05) is 19.9 Å². The highest BCUT2D eigenvalue weighted by Gasteiger charge is 2.42. The fraction of sp³-hybridized carbons (Fsp3) is 0.538. The van der Waals surface area contributed by atoms with Crippen molar-refractivity contribution in [3.63, 3.8) is 0 Å². The number of thioether (sulfide) groups is 2. The Kier molecular flexibility index (Phi) is 5.40. The van der Waals surface area contributed by atoms with Crippen LogP contribution < -0.4 is 0 Å². The maximum absolute atomic E-state index is 12.4. The number of carboxylic acids is 1. The second-order valence-electron chi connectivity index (χ2n) is 4.84. The Bertz CT molecular complexity index is 475. The largest absolute Gasteiger partial charge is 0.480 e. The minimum Gasteiger partial charge on any atom is -0.480 e. The normalized spacial score (nSPS) is 22.4. The molecule has 2 atom stereocenters. The predicted molar refractivity (Wildman–Crippen MR) is 84.4 cm³/mol. The molecule has 0 aromatic carbocycles. The number of amides is 1. The molecule has 2 heterocycles. The number of carbonyl (C=O) groups is 2. The maximum atomic E-state index is 12.4. The van der Waals surface area contributed by atoms with E-state index in [9.17, 15) is 14.7 Å². The number of thiophene rings is 1. The monoisotopic (exact) mass is 331 g/mol. The van der Waals surface area contributed by atoms with Crippen LogP contribution in [0.25, 0.3) is 0 Å². The highest BCUT2D eigenvalue weighted by molar-refractivity contribution is 8.01. The minimum absolute atomic E-state index is 0.0347. The van der Waals surface area contributed by atoms with E-state index in [0.717, 1.165) is 4.21 Å². The molecule has 1 saturated heterocycles. The quantitative estimate of drug-likeness (QED) is 0.841. The molecule has 0 saturated carbocycles. The molecule has 2 rings (SSSR count). The highest BCUT2D eigenvalue weighted by Crippen LogP contribution is 2.35. The topological polar surface area (TPSA) is 57.6 Å². The second kappa shape index (κ2) is 6.87. The van der Waals surface area contributed by atoms with Gasteiger partial charge < -0.3 is 10.0 Å². The molecular formula is C13H17NO3S3. The molecule has 1 amide bonds. The number of carboxylic acid groups (broad SMARTS) is 1. The Morgan fingerprint density at radius 2 is 2.30 bits per heavy atom. The van der Waals surface area contributed by atoms with E-state index in [0.29, 0.717) is 11.5 Å². The number of nitrogens with zero attached hydrogens (tertiary/aromatic N) is 1. The summed E-state index contributed by atoms with van der Waals surface area (Å²) >= 11 is 4.63. The van der Waals surface area contributed by atoms with Crippen molar-refractivity contribution in [2.24, 2.45) is 5.92 Å². The Balaban J connectivity index is 2.04. The van der Waals surface area contributed by atoms with Gasteiger partial charge >= 0.3 is 5.97 Å². The average Bonchev–Trinajstić information content (AvgIpc) is 3.04. The predicted octanol–water partition coefficient (Wildman–Crippen LogP) is 2.85. The van der Waals surface area contributed by atoms with E-state index in [1.807, 2.05) is 31.4 Å². The van der Waals surface area contributed by atoms with Crippen LogP contribution >= 0.6 is 34.9 Å². The van der Waals surface area contributed by atoms with Gasteiger partial charge in [-0.25, -0.2) is 4.79 Å². The zero-order valence-corrected chi connectivity index (χ0v) is 13.8. The van der Waals surface area contributed by atoms with Gasteiger partial charge in [0.2, 0.25) is 5.91 Å². The van der Waals surface area contributed by atoms with E-state index in [-0.39, 0.29) is 17.2 Å². The fourth-order valence-electron chi connectivity index (χ4n) is 2.10. The molecule has 110 valence electrons. The minimum atomic E-state index is -0.907. The second-order valence-corrected chi connectivity index (χ2v) is 8.22. The average molecular weight is 331 g/mol. The van der Waals surface area contributed by atoms with Crippen molar-refractivity contribution < 1.29 is 14.7 Å². The Morgan fingerprint density at radius 3 is 2.85 bits per heavy atom. The van der Waals surface area contributed by atoms with Gasteiger partial charge in [0.05, 0.1) is 15.3 Å². The number of carbonyl (C=O) groups excluding carboxylic acids is 1. The summed E-state index contributed by atoms with van der Waals surface area (Å²) in [5.41, 5.74) is 0. The smallest absolute Gasteiger partial charge is 0.327 e. The maximum Gasteiger partial charge on any atom is 0.327 e. The first-order valence-electron chi connectivity index (χ1n) is 6.32. The van der Waals surface area contributed by atoms with Gasteiger partial charge in [-0.2, -0.15) is 0 Å². The van der Waals surface area contributed by atoms with Crippen molar-refractivity contribution in [1.82, 2.24) is 4.90 Å². The van der Waals surface area contributed by atoms with Crippen LogP contribution in [-0.2, 0) is 9.59 Å². The van der Waals surface area contributed by atoms with Gasteiger partial charge in [-0.3, -0.25) is 4.79 Å². The van der Waals surface area contributed by atoms with Crippen molar-refractivity contribution in [2.75, 3.05) is 11.5 Å². The van der Waals surface area contributed by atoms with E-state index in [2.05, 4.69) is 0 Å². The molecule has 1 N–H and O–H groups in total. The first-order valence-corrected chi connectivity index (χ1v) is 9.24. The standard InChI is InChI=1S/C13H17NO3S3/c1-8(2)12-14(9(6-20-12)13(16)17)10(15)7-19-11-4-3-5-18-11/h3-5,8-9,12H,6-7H2,1-2H3,(H,16,17). The van der Waals surface area contributed by atoms with Crippen molar-refractivity contribution in [3.05, 3.63) is 17.5 Å². The summed E-state index contributed by atoms with van der Waals surface area (Å²) in [5.74, 6) is 0.0384. The third-order valence-electron chi connectivity index (χ3n) is 3.01. The zero-order chi connectivity index (χ0) is 14.7. The lowest BCUT2D eigenvalue weighted by molar-refractivity contribution is -0.148.